The molecule has 1 aromatic rings. The molecule has 1 aromatic heterocycles. The van der Waals surface area contributed by atoms with Crippen LogP contribution in [0.2, 0.25) is 0 Å². The third-order valence-electron chi connectivity index (χ3n) is 7.83. The molecule has 4 fully saturated rings. The highest BCUT2D eigenvalue weighted by molar-refractivity contribution is 5.94. The first-order valence-corrected chi connectivity index (χ1v) is 11.2. The van der Waals surface area contributed by atoms with Gasteiger partial charge in [-0.2, -0.15) is 5.48 Å². The molecule has 0 spiro atoms. The quantitative estimate of drug-likeness (QED) is 0.719. The summed E-state index contributed by atoms with van der Waals surface area (Å²) in [5, 5.41) is 6.94. The zero-order valence-electron chi connectivity index (χ0n) is 17.1. The van der Waals surface area contributed by atoms with Gasteiger partial charge in [0, 0.05) is 31.3 Å². The van der Waals surface area contributed by atoms with Gasteiger partial charge in [-0.25, -0.2) is 0 Å². The SMILES string of the molecule is Cn1cc(C(=O)N[C@@H]2CCC3CC(C4NOC(C5CCC5)N4)CCC32)ccc1=O. The maximum atomic E-state index is 12.7. The predicted molar refractivity (Wildman–Crippen MR) is 109 cm³/mol. The maximum absolute atomic E-state index is 12.7. The van der Waals surface area contributed by atoms with E-state index in [0.717, 1.165) is 12.8 Å². The van der Waals surface area contributed by atoms with Gasteiger partial charge in [0.05, 0.1) is 11.7 Å². The number of hydrogen-bond acceptors (Lipinski definition) is 5. The number of aryl methyl sites for hydroxylation is 1. The van der Waals surface area contributed by atoms with Crippen LogP contribution in [0.1, 0.15) is 61.7 Å². The van der Waals surface area contributed by atoms with Crippen molar-refractivity contribution >= 4 is 5.91 Å². The number of pyridine rings is 1. The first kappa shape index (κ1) is 19.3. The molecule has 1 amide bonds. The number of fused-ring (bicyclic) bond motifs is 1. The summed E-state index contributed by atoms with van der Waals surface area (Å²) in [4.78, 5) is 30.1. The molecule has 3 N–H and O–H groups in total. The number of aromatic nitrogens is 1. The van der Waals surface area contributed by atoms with Crippen molar-refractivity contribution in [2.24, 2.45) is 30.7 Å². The van der Waals surface area contributed by atoms with E-state index in [1.165, 1.54) is 49.2 Å². The van der Waals surface area contributed by atoms with Crippen molar-refractivity contribution in [3.05, 3.63) is 34.2 Å². The van der Waals surface area contributed by atoms with Crippen LogP contribution >= 0.6 is 0 Å². The minimum Gasteiger partial charge on any atom is -0.349 e. The first-order chi connectivity index (χ1) is 14.1. The largest absolute Gasteiger partial charge is 0.349 e. The molecular formula is C22H32N4O3. The summed E-state index contributed by atoms with van der Waals surface area (Å²) in [5.74, 6) is 2.44. The lowest BCUT2D eigenvalue weighted by Crippen LogP contribution is -2.47. The average molecular weight is 401 g/mol. The highest BCUT2D eigenvalue weighted by Gasteiger charge is 2.45. The van der Waals surface area contributed by atoms with Crippen LogP contribution in [0.5, 0.6) is 0 Å². The Morgan fingerprint density at radius 2 is 1.93 bits per heavy atom. The van der Waals surface area contributed by atoms with Gasteiger partial charge in [0.2, 0.25) is 5.56 Å². The molecule has 2 heterocycles. The summed E-state index contributed by atoms with van der Waals surface area (Å²) in [6.45, 7) is 0. The summed E-state index contributed by atoms with van der Waals surface area (Å²) in [6.07, 6.45) is 11.7. The van der Waals surface area contributed by atoms with Crippen LogP contribution in [0.15, 0.2) is 23.1 Å². The van der Waals surface area contributed by atoms with Crippen molar-refractivity contribution < 1.29 is 9.63 Å². The second-order valence-corrected chi connectivity index (χ2v) is 9.51. The Kier molecular flexibility index (Phi) is 5.22. The molecule has 29 heavy (non-hydrogen) atoms. The molecule has 6 atom stereocenters. The van der Waals surface area contributed by atoms with E-state index in [2.05, 4.69) is 16.1 Å². The van der Waals surface area contributed by atoms with E-state index in [9.17, 15) is 9.59 Å². The van der Waals surface area contributed by atoms with E-state index < -0.39 is 0 Å². The third kappa shape index (κ3) is 3.76. The van der Waals surface area contributed by atoms with Gasteiger partial charge in [0.15, 0.2) is 0 Å². The average Bonchev–Trinajstić information content (AvgIpc) is 3.30. The van der Waals surface area contributed by atoms with Gasteiger partial charge in [-0.1, -0.05) is 6.42 Å². The van der Waals surface area contributed by atoms with Crippen LogP contribution in [0, 0.1) is 23.7 Å². The molecule has 3 aliphatic carbocycles. The Hall–Kier alpha value is -1.70. The monoisotopic (exact) mass is 400 g/mol. The van der Waals surface area contributed by atoms with Crippen molar-refractivity contribution in [2.75, 3.05) is 0 Å². The van der Waals surface area contributed by atoms with Gasteiger partial charge < -0.3 is 9.88 Å². The Morgan fingerprint density at radius 3 is 2.69 bits per heavy atom. The van der Waals surface area contributed by atoms with Crippen LogP contribution in [0.4, 0.5) is 0 Å². The fourth-order valence-corrected chi connectivity index (χ4v) is 5.85. The van der Waals surface area contributed by atoms with E-state index in [4.69, 9.17) is 4.84 Å². The number of rotatable bonds is 4. The molecule has 7 nitrogen and oxygen atoms in total. The van der Waals surface area contributed by atoms with E-state index in [1.807, 2.05) is 0 Å². The molecule has 4 aliphatic rings. The molecule has 5 rings (SSSR count). The topological polar surface area (TPSA) is 84.4 Å². The van der Waals surface area contributed by atoms with E-state index in [-0.39, 0.29) is 29.9 Å². The summed E-state index contributed by atoms with van der Waals surface area (Å²) in [5.41, 5.74) is 3.73. The number of nitrogens with zero attached hydrogens (tertiary/aromatic N) is 1. The van der Waals surface area contributed by atoms with Crippen LogP contribution in [0.25, 0.3) is 0 Å². The number of amides is 1. The third-order valence-corrected chi connectivity index (χ3v) is 7.83. The molecule has 158 valence electrons. The summed E-state index contributed by atoms with van der Waals surface area (Å²) in [6, 6.07) is 3.32. The highest BCUT2D eigenvalue weighted by Crippen LogP contribution is 2.45. The van der Waals surface area contributed by atoms with Gasteiger partial charge in [0.25, 0.3) is 5.91 Å². The normalized spacial score (nSPS) is 37.1. The lowest BCUT2D eigenvalue weighted by molar-refractivity contribution is -0.0348. The molecular weight excluding hydrogens is 368 g/mol. The lowest BCUT2D eigenvalue weighted by Gasteiger charge is -2.37. The van der Waals surface area contributed by atoms with Gasteiger partial charge in [-0.15, -0.1) is 0 Å². The number of nitrogens with one attached hydrogen (secondary N) is 3. The minimum atomic E-state index is -0.0986. The molecule has 3 saturated carbocycles. The Bertz CT molecular complexity index is 821. The van der Waals surface area contributed by atoms with Crippen molar-refractivity contribution in [1.82, 2.24) is 20.7 Å². The number of carbonyl (C=O) groups excluding carboxylic acids is 1. The van der Waals surface area contributed by atoms with E-state index >= 15 is 0 Å². The van der Waals surface area contributed by atoms with Crippen LogP contribution in [-0.2, 0) is 11.9 Å². The second-order valence-electron chi connectivity index (χ2n) is 9.51. The number of hydrogen-bond donors (Lipinski definition) is 3. The molecule has 5 unspecified atom stereocenters. The number of hydroxylamine groups is 1. The predicted octanol–water partition coefficient (Wildman–Crippen LogP) is 1.89. The zero-order valence-corrected chi connectivity index (χ0v) is 17.1. The Morgan fingerprint density at radius 1 is 1.10 bits per heavy atom. The summed E-state index contributed by atoms with van der Waals surface area (Å²) >= 11 is 0. The van der Waals surface area contributed by atoms with Crippen molar-refractivity contribution in [1.29, 1.82) is 0 Å². The number of carbonyl (C=O) groups is 1. The minimum absolute atomic E-state index is 0.0655. The fourth-order valence-electron chi connectivity index (χ4n) is 5.85. The standard InChI is InChI=1S/C22H32N4O3/c1-26-12-16(7-10-19(26)27)21(28)23-18-9-6-14-11-15(5-8-17(14)18)20-24-22(29-25-20)13-3-2-4-13/h7,10,12-15,17-18,20,22,24-25H,2-6,8-9,11H2,1H3,(H,23,28)/t14?,15?,17?,18-,20?,22?/m1/s1. The van der Waals surface area contributed by atoms with Crippen molar-refractivity contribution in [3.63, 3.8) is 0 Å². The summed E-state index contributed by atoms with van der Waals surface area (Å²) in [7, 11) is 1.68. The van der Waals surface area contributed by atoms with Crippen LogP contribution < -0.4 is 21.7 Å². The highest BCUT2D eigenvalue weighted by atomic mass is 16.7. The fraction of sp³-hybridized carbons (Fsp3) is 0.727. The zero-order chi connectivity index (χ0) is 20.0. The van der Waals surface area contributed by atoms with Crippen LogP contribution in [-0.4, -0.2) is 28.9 Å². The molecule has 0 radical (unpaired) electrons. The first-order valence-electron chi connectivity index (χ1n) is 11.2. The molecule has 1 saturated heterocycles. The summed E-state index contributed by atoms with van der Waals surface area (Å²) < 4.78 is 1.46. The van der Waals surface area contributed by atoms with Crippen molar-refractivity contribution in [3.8, 4) is 0 Å². The van der Waals surface area contributed by atoms with Gasteiger partial charge in [-0.05, 0) is 68.8 Å². The molecule has 0 bridgehead atoms. The van der Waals surface area contributed by atoms with Gasteiger partial charge >= 0.3 is 0 Å². The Labute approximate surface area is 171 Å². The molecule has 0 aromatic carbocycles. The van der Waals surface area contributed by atoms with E-state index in [1.54, 1.807) is 19.3 Å². The van der Waals surface area contributed by atoms with Crippen molar-refractivity contribution in [2.45, 2.75) is 69.8 Å². The molecule has 1 aliphatic heterocycles. The van der Waals surface area contributed by atoms with E-state index in [0.29, 0.717) is 29.2 Å². The van der Waals surface area contributed by atoms with Crippen LogP contribution in [0.3, 0.4) is 0 Å². The van der Waals surface area contributed by atoms with Gasteiger partial charge in [0.1, 0.15) is 6.23 Å². The Balaban J connectivity index is 1.16. The smallest absolute Gasteiger partial charge is 0.252 e. The second kappa shape index (κ2) is 7.85. The maximum Gasteiger partial charge on any atom is 0.252 e. The van der Waals surface area contributed by atoms with Gasteiger partial charge in [-0.3, -0.25) is 19.7 Å². The lowest BCUT2D eigenvalue weighted by atomic mass is 9.73. The molecule has 7 heteroatoms.